The number of methoxy groups -OCH3 is 2. The van der Waals surface area contributed by atoms with Gasteiger partial charge >= 0.3 is 6.03 Å². The third kappa shape index (κ3) is 3.01. The van der Waals surface area contributed by atoms with Gasteiger partial charge in [-0.05, 0) is 24.3 Å². The van der Waals surface area contributed by atoms with Crippen LogP contribution in [0.4, 0.5) is 16.2 Å². The van der Waals surface area contributed by atoms with Crippen molar-refractivity contribution in [3.63, 3.8) is 0 Å². The quantitative estimate of drug-likeness (QED) is 0.945. The fourth-order valence-corrected chi connectivity index (χ4v) is 2.49. The number of hydrogen-bond donors (Lipinski definition) is 1. The van der Waals surface area contributed by atoms with Gasteiger partial charge in [0.15, 0.2) is 11.5 Å². The van der Waals surface area contributed by atoms with E-state index in [0.29, 0.717) is 36.1 Å². The maximum Gasteiger partial charge on any atom is 0.326 e. The van der Waals surface area contributed by atoms with Crippen molar-refractivity contribution in [2.45, 2.75) is 0 Å². The van der Waals surface area contributed by atoms with Crippen LogP contribution < -0.4 is 24.4 Å². The topological polar surface area (TPSA) is 60.0 Å². The van der Waals surface area contributed by atoms with Crippen LogP contribution in [0.1, 0.15) is 0 Å². The molecule has 0 radical (unpaired) electrons. The Balaban J connectivity index is 1.80. The Kier molecular flexibility index (Phi) is 4.23. The number of ether oxygens (including phenoxy) is 3. The molecule has 0 fully saturated rings. The van der Waals surface area contributed by atoms with Crippen molar-refractivity contribution in [2.24, 2.45) is 0 Å². The predicted octanol–water partition coefficient (Wildman–Crippen LogP) is 3.13. The van der Waals surface area contributed by atoms with Crippen molar-refractivity contribution < 1.29 is 19.0 Å². The summed E-state index contributed by atoms with van der Waals surface area (Å²) in [5.74, 6) is 1.89. The predicted molar refractivity (Wildman–Crippen MR) is 87.8 cm³/mol. The summed E-state index contributed by atoms with van der Waals surface area (Å²) < 4.78 is 16.0. The third-order valence-corrected chi connectivity index (χ3v) is 3.61. The van der Waals surface area contributed by atoms with Crippen molar-refractivity contribution in [1.82, 2.24) is 0 Å². The molecular weight excluding hydrogens is 296 g/mol. The number of anilines is 2. The van der Waals surface area contributed by atoms with E-state index in [-0.39, 0.29) is 6.03 Å². The second kappa shape index (κ2) is 6.48. The van der Waals surface area contributed by atoms with Crippen molar-refractivity contribution in [2.75, 3.05) is 37.6 Å². The maximum absolute atomic E-state index is 12.6. The second-order valence-electron chi connectivity index (χ2n) is 4.97. The van der Waals surface area contributed by atoms with Gasteiger partial charge < -0.3 is 19.5 Å². The molecule has 23 heavy (non-hydrogen) atoms. The summed E-state index contributed by atoms with van der Waals surface area (Å²) in [6.07, 6.45) is 0. The number of carbonyl (C=O) groups is 1. The van der Waals surface area contributed by atoms with E-state index < -0.39 is 0 Å². The highest BCUT2D eigenvalue weighted by molar-refractivity contribution is 6.03. The summed E-state index contributed by atoms with van der Waals surface area (Å²) in [7, 11) is 3.13. The molecule has 0 saturated carbocycles. The molecule has 0 spiro atoms. The van der Waals surface area contributed by atoms with Crippen molar-refractivity contribution in [1.29, 1.82) is 0 Å². The average Bonchev–Trinajstić information content (AvgIpc) is 2.61. The Hall–Kier alpha value is -2.89. The molecule has 1 aliphatic heterocycles. The van der Waals surface area contributed by atoms with Gasteiger partial charge in [-0.2, -0.15) is 0 Å². The van der Waals surface area contributed by atoms with Gasteiger partial charge in [0.2, 0.25) is 0 Å². The lowest BCUT2D eigenvalue weighted by Gasteiger charge is -2.29. The highest BCUT2D eigenvalue weighted by atomic mass is 16.5. The van der Waals surface area contributed by atoms with E-state index in [9.17, 15) is 4.79 Å². The third-order valence-electron chi connectivity index (χ3n) is 3.61. The summed E-state index contributed by atoms with van der Waals surface area (Å²) in [6.45, 7) is 0.965. The average molecular weight is 314 g/mol. The highest BCUT2D eigenvalue weighted by Gasteiger charge is 2.23. The van der Waals surface area contributed by atoms with Gasteiger partial charge in [-0.1, -0.05) is 12.1 Å². The van der Waals surface area contributed by atoms with Crippen molar-refractivity contribution >= 4 is 17.4 Å². The van der Waals surface area contributed by atoms with E-state index in [1.165, 1.54) is 0 Å². The zero-order valence-electron chi connectivity index (χ0n) is 13.0. The van der Waals surface area contributed by atoms with Crippen LogP contribution in [0.25, 0.3) is 0 Å². The lowest BCUT2D eigenvalue weighted by Crippen LogP contribution is -2.40. The zero-order valence-corrected chi connectivity index (χ0v) is 13.0. The van der Waals surface area contributed by atoms with Crippen LogP contribution in [-0.2, 0) is 0 Å². The normalized spacial score (nSPS) is 12.9. The van der Waals surface area contributed by atoms with Crippen LogP contribution >= 0.6 is 0 Å². The first-order valence-corrected chi connectivity index (χ1v) is 7.25. The van der Waals surface area contributed by atoms with Gasteiger partial charge in [0.1, 0.15) is 12.4 Å². The van der Waals surface area contributed by atoms with Crippen LogP contribution in [0.5, 0.6) is 17.2 Å². The van der Waals surface area contributed by atoms with Gasteiger partial charge in [-0.3, -0.25) is 4.90 Å². The first-order chi connectivity index (χ1) is 11.2. The molecular formula is C17H18N2O4. The van der Waals surface area contributed by atoms with Crippen LogP contribution in [0.15, 0.2) is 42.5 Å². The van der Waals surface area contributed by atoms with Gasteiger partial charge in [-0.15, -0.1) is 0 Å². The van der Waals surface area contributed by atoms with Crippen LogP contribution in [0, 0.1) is 0 Å². The molecule has 0 unspecified atom stereocenters. The maximum atomic E-state index is 12.6. The molecule has 1 N–H and O–H groups in total. The van der Waals surface area contributed by atoms with Crippen molar-refractivity contribution in [3.05, 3.63) is 42.5 Å². The van der Waals surface area contributed by atoms with E-state index in [2.05, 4.69) is 5.32 Å². The molecule has 0 saturated heterocycles. The number of hydrogen-bond acceptors (Lipinski definition) is 4. The second-order valence-corrected chi connectivity index (χ2v) is 4.97. The molecule has 1 aliphatic rings. The van der Waals surface area contributed by atoms with Crippen LogP contribution in [-0.4, -0.2) is 33.4 Å². The first kappa shape index (κ1) is 15.0. The van der Waals surface area contributed by atoms with Gasteiger partial charge in [0, 0.05) is 11.8 Å². The minimum Gasteiger partial charge on any atom is -0.493 e. The Morgan fingerprint density at radius 3 is 2.70 bits per heavy atom. The monoisotopic (exact) mass is 314 g/mol. The van der Waals surface area contributed by atoms with E-state index in [1.807, 2.05) is 24.3 Å². The fraction of sp³-hybridized carbons (Fsp3) is 0.235. The number of para-hydroxylation sites is 2. The Labute approximate surface area is 134 Å². The molecule has 0 atom stereocenters. The minimum absolute atomic E-state index is 0.215. The molecule has 2 aromatic carbocycles. The lowest BCUT2D eigenvalue weighted by molar-refractivity contribution is 0.250. The largest absolute Gasteiger partial charge is 0.493 e. The molecule has 6 heteroatoms. The van der Waals surface area contributed by atoms with Gasteiger partial charge in [-0.25, -0.2) is 4.79 Å². The Morgan fingerprint density at radius 2 is 1.91 bits per heavy atom. The molecule has 2 amide bonds. The van der Waals surface area contributed by atoms with E-state index in [1.54, 1.807) is 37.3 Å². The first-order valence-electron chi connectivity index (χ1n) is 7.25. The molecule has 0 aromatic heterocycles. The summed E-state index contributed by atoms with van der Waals surface area (Å²) in [4.78, 5) is 14.2. The van der Waals surface area contributed by atoms with E-state index in [0.717, 1.165) is 5.69 Å². The molecule has 0 bridgehead atoms. The molecule has 2 aromatic rings. The number of carbonyl (C=O) groups excluding carboxylic acids is 1. The number of amides is 2. The Bertz CT molecular complexity index is 717. The summed E-state index contributed by atoms with van der Waals surface area (Å²) in [5.41, 5.74) is 1.40. The van der Waals surface area contributed by atoms with Crippen LogP contribution in [0.3, 0.4) is 0 Å². The SMILES string of the molecule is COc1ccc(NC(=O)N2CCOc3ccccc32)cc1OC. The summed E-state index contributed by atoms with van der Waals surface area (Å²) in [5, 5.41) is 2.87. The van der Waals surface area contributed by atoms with E-state index in [4.69, 9.17) is 14.2 Å². The minimum atomic E-state index is -0.215. The number of nitrogens with zero attached hydrogens (tertiary/aromatic N) is 1. The molecule has 1 heterocycles. The number of urea groups is 1. The number of nitrogens with one attached hydrogen (secondary N) is 1. The highest BCUT2D eigenvalue weighted by Crippen LogP contribution is 2.33. The number of fused-ring (bicyclic) bond motifs is 1. The molecule has 3 rings (SSSR count). The van der Waals surface area contributed by atoms with E-state index >= 15 is 0 Å². The smallest absolute Gasteiger partial charge is 0.326 e. The fourth-order valence-electron chi connectivity index (χ4n) is 2.49. The zero-order chi connectivity index (χ0) is 16.2. The van der Waals surface area contributed by atoms with Crippen molar-refractivity contribution in [3.8, 4) is 17.2 Å². The summed E-state index contributed by atoms with van der Waals surface area (Å²) in [6, 6.07) is 12.5. The molecule has 120 valence electrons. The van der Waals surface area contributed by atoms with Gasteiger partial charge in [0.25, 0.3) is 0 Å². The Morgan fingerprint density at radius 1 is 1.13 bits per heavy atom. The molecule has 0 aliphatic carbocycles. The standard InChI is InChI=1S/C17H18N2O4/c1-21-15-8-7-12(11-16(15)22-2)18-17(20)19-9-10-23-14-6-4-3-5-13(14)19/h3-8,11H,9-10H2,1-2H3,(H,18,20). The number of benzene rings is 2. The van der Waals surface area contributed by atoms with Gasteiger partial charge in [0.05, 0.1) is 26.5 Å². The summed E-state index contributed by atoms with van der Waals surface area (Å²) >= 11 is 0. The molecule has 6 nitrogen and oxygen atoms in total. The van der Waals surface area contributed by atoms with Crippen LogP contribution in [0.2, 0.25) is 0 Å². The number of rotatable bonds is 3. The lowest BCUT2D eigenvalue weighted by atomic mass is 10.2.